The number of nitrogens with zero attached hydrogens (tertiary/aromatic N) is 7. The van der Waals surface area contributed by atoms with Crippen molar-refractivity contribution in [2.45, 2.75) is 70.9 Å². The van der Waals surface area contributed by atoms with Crippen LogP contribution in [0.1, 0.15) is 103 Å². The van der Waals surface area contributed by atoms with Crippen LogP contribution in [0.5, 0.6) is 5.75 Å². The minimum atomic E-state index is -1.14. The van der Waals surface area contributed by atoms with Gasteiger partial charge >= 0.3 is 5.97 Å². The molecule has 0 radical (unpaired) electrons. The van der Waals surface area contributed by atoms with E-state index in [1.165, 1.54) is 17.4 Å². The molecule has 3 fully saturated rings. The second-order valence-electron chi connectivity index (χ2n) is 20.6. The molecule has 3 N–H and O–H groups in total. The molecule has 5 aliphatic heterocycles. The maximum absolute atomic E-state index is 15.5. The highest BCUT2D eigenvalue weighted by Crippen LogP contribution is 2.37. The van der Waals surface area contributed by atoms with Gasteiger partial charge in [0.2, 0.25) is 17.7 Å². The van der Waals surface area contributed by atoms with Gasteiger partial charge in [-0.1, -0.05) is 54.2 Å². The summed E-state index contributed by atoms with van der Waals surface area (Å²) in [6, 6.07) is 24.0. The number of carboxylic acid groups (broad SMARTS) is 1. The number of likely N-dealkylation sites (tertiary alicyclic amines) is 1. The number of piperidine rings is 2. The molecule has 402 valence electrons. The van der Waals surface area contributed by atoms with Crippen molar-refractivity contribution in [1.29, 1.82) is 0 Å². The number of aromatic carboxylic acids is 1. The monoisotopic (exact) mass is 1080 g/mol. The highest BCUT2D eigenvalue weighted by Gasteiger charge is 2.45. The summed E-state index contributed by atoms with van der Waals surface area (Å²) < 4.78 is 22.8. The van der Waals surface area contributed by atoms with E-state index in [2.05, 4.69) is 20.5 Å². The number of unbranched alkanes of at least 4 members (excludes halogenated alkanes) is 1. The van der Waals surface area contributed by atoms with Crippen LogP contribution < -0.4 is 25.2 Å². The Bertz CT molecular complexity index is 3370. The standard InChI is InChI=1S/C58H58FN9O9S/c1-34-37(38-15-17-49(61-52(38)57(75)76)67-24-21-36-9-6-11-39(42(36)32-67)53(71)63-58-60-44-12-2-3-14-48(44)78-58)10-7-13-47(34)77-29-5-4-8-35-19-22-64(23-20-35)33-51(70)66-27-25-65(26-28-66)46-31-41-40(30-43(46)59)55(73)68(56(41)74)45-16-18-50(69)62-54(45)72/h2-3,6-7,9-15,17,30-31,35,45H,4-5,8,16,18-29,32-33H2,1H3,(H,75,76)(H,60,63,71)(H,62,69,72). The summed E-state index contributed by atoms with van der Waals surface area (Å²) in [5, 5.41) is 16.2. The Morgan fingerprint density at radius 3 is 2.33 bits per heavy atom. The Balaban J connectivity index is 0.625. The van der Waals surface area contributed by atoms with Crippen LogP contribution >= 0.6 is 11.3 Å². The van der Waals surface area contributed by atoms with E-state index in [9.17, 15) is 38.7 Å². The molecule has 11 rings (SSSR count). The molecule has 7 heterocycles. The van der Waals surface area contributed by atoms with Crippen LogP contribution in [-0.2, 0) is 27.3 Å². The fraction of sp³-hybridized carbons (Fsp3) is 0.362. The lowest BCUT2D eigenvalue weighted by molar-refractivity contribution is -0.136. The number of rotatable bonds is 15. The van der Waals surface area contributed by atoms with Crippen molar-refractivity contribution >= 4 is 79.6 Å². The molecular formula is C58H58FN9O9S. The van der Waals surface area contributed by atoms with Gasteiger partial charge in [-0.2, -0.15) is 0 Å². The van der Waals surface area contributed by atoms with Crippen molar-refractivity contribution in [1.82, 2.24) is 30.0 Å². The first-order valence-electron chi connectivity index (χ1n) is 26.6. The molecular weight excluding hydrogens is 1020 g/mol. The summed E-state index contributed by atoms with van der Waals surface area (Å²) in [5.74, 6) is -3.00. The van der Waals surface area contributed by atoms with E-state index in [1.807, 2.05) is 84.6 Å². The highest BCUT2D eigenvalue weighted by molar-refractivity contribution is 7.22. The molecule has 4 aromatic carbocycles. The number of pyridine rings is 1. The third-order valence-electron chi connectivity index (χ3n) is 15.8. The molecule has 6 aromatic rings. The average molecular weight is 1080 g/mol. The normalized spacial score (nSPS) is 18.1. The number of halogens is 1. The molecule has 20 heteroatoms. The number of thiazole rings is 1. The third-order valence-corrected chi connectivity index (χ3v) is 16.8. The van der Waals surface area contributed by atoms with Crippen LogP contribution in [0.2, 0.25) is 0 Å². The quantitative estimate of drug-likeness (QED) is 0.0679. The van der Waals surface area contributed by atoms with E-state index >= 15 is 4.39 Å². The largest absolute Gasteiger partial charge is 0.493 e. The van der Waals surface area contributed by atoms with E-state index in [0.717, 1.165) is 88.6 Å². The van der Waals surface area contributed by atoms with Crippen molar-refractivity contribution in [3.05, 3.63) is 130 Å². The van der Waals surface area contributed by atoms with Gasteiger partial charge in [-0.3, -0.25) is 49.2 Å². The first-order valence-corrected chi connectivity index (χ1v) is 27.4. The maximum Gasteiger partial charge on any atom is 0.355 e. The average Bonchev–Trinajstić information content (AvgIpc) is 4.11. The number of carbonyl (C=O) groups excluding carboxylic acids is 6. The zero-order valence-electron chi connectivity index (χ0n) is 43.1. The van der Waals surface area contributed by atoms with Gasteiger partial charge in [-0.25, -0.2) is 19.2 Å². The van der Waals surface area contributed by atoms with Gasteiger partial charge < -0.3 is 24.5 Å². The van der Waals surface area contributed by atoms with E-state index in [-0.39, 0.29) is 47.2 Å². The molecule has 1 unspecified atom stereocenters. The highest BCUT2D eigenvalue weighted by atomic mass is 32.1. The van der Waals surface area contributed by atoms with Crippen LogP contribution in [0.4, 0.5) is 21.0 Å². The first-order chi connectivity index (χ1) is 37.8. The van der Waals surface area contributed by atoms with Gasteiger partial charge in [-0.05, 0) is 135 Å². The van der Waals surface area contributed by atoms with Crippen LogP contribution in [0.25, 0.3) is 21.3 Å². The fourth-order valence-electron chi connectivity index (χ4n) is 11.5. The number of hydrogen-bond acceptors (Lipinski definition) is 14. The summed E-state index contributed by atoms with van der Waals surface area (Å²) in [6.45, 7) is 6.77. The van der Waals surface area contributed by atoms with Crippen molar-refractivity contribution in [3.8, 4) is 16.9 Å². The number of anilines is 3. The van der Waals surface area contributed by atoms with E-state index in [4.69, 9.17) is 9.72 Å². The van der Waals surface area contributed by atoms with E-state index < -0.39 is 41.5 Å². The lowest BCUT2D eigenvalue weighted by Gasteiger charge is -2.38. The topological polar surface area (TPSA) is 215 Å². The number of aromatic nitrogens is 2. The van der Waals surface area contributed by atoms with Crippen molar-refractivity contribution < 1.29 is 47.8 Å². The summed E-state index contributed by atoms with van der Waals surface area (Å²) in [6.07, 6.45) is 5.49. The van der Waals surface area contributed by atoms with Gasteiger partial charge in [0, 0.05) is 56.8 Å². The minimum absolute atomic E-state index is 0.00619. The number of amides is 6. The number of carbonyl (C=O) groups is 7. The molecule has 3 saturated heterocycles. The first kappa shape index (κ1) is 52.0. The summed E-state index contributed by atoms with van der Waals surface area (Å²) in [7, 11) is 0. The van der Waals surface area contributed by atoms with Gasteiger partial charge in [-0.15, -0.1) is 0 Å². The van der Waals surface area contributed by atoms with Gasteiger partial charge in [0.1, 0.15) is 23.4 Å². The number of imide groups is 2. The Morgan fingerprint density at radius 1 is 0.795 bits per heavy atom. The number of hydrogen-bond donors (Lipinski definition) is 3. The molecule has 0 spiro atoms. The predicted molar refractivity (Wildman–Crippen MR) is 291 cm³/mol. The van der Waals surface area contributed by atoms with Crippen molar-refractivity contribution in [2.24, 2.45) is 5.92 Å². The Kier molecular flexibility index (Phi) is 14.7. The number of benzene rings is 4. The van der Waals surface area contributed by atoms with Crippen LogP contribution in [-0.4, -0.2) is 136 Å². The number of fused-ring (bicyclic) bond motifs is 3. The smallest absolute Gasteiger partial charge is 0.355 e. The van der Waals surface area contributed by atoms with Crippen LogP contribution in [0, 0.1) is 18.7 Å². The van der Waals surface area contributed by atoms with Crippen LogP contribution in [0.15, 0.2) is 84.9 Å². The third kappa shape index (κ3) is 10.5. The molecule has 2 aromatic heterocycles. The lowest BCUT2D eigenvalue weighted by Crippen LogP contribution is -2.54. The number of carboxylic acids is 1. The Morgan fingerprint density at radius 2 is 1.56 bits per heavy atom. The minimum Gasteiger partial charge on any atom is -0.493 e. The number of nitrogens with one attached hydrogen (secondary N) is 2. The second-order valence-corrected chi connectivity index (χ2v) is 21.6. The SMILES string of the molecule is Cc1c(OCCCCC2CCN(CC(=O)N3CCN(c4cc5c(cc4F)C(=O)N(C4CCC(=O)NC4=O)C5=O)CC3)CC2)cccc1-c1ccc(N2CCc3cccc(C(=O)Nc4nc5ccccc5s4)c3C2)nc1C(=O)O. The summed E-state index contributed by atoms with van der Waals surface area (Å²) in [4.78, 5) is 108. The molecule has 1 atom stereocenters. The van der Waals surface area contributed by atoms with Crippen molar-refractivity contribution in [2.75, 3.05) is 74.1 Å². The van der Waals surface area contributed by atoms with Crippen LogP contribution in [0.3, 0.4) is 0 Å². The number of ether oxygens (including phenoxy) is 1. The summed E-state index contributed by atoms with van der Waals surface area (Å²) in [5.41, 5.74) is 5.31. The van der Waals surface area contributed by atoms with E-state index in [1.54, 1.807) is 9.80 Å². The molecule has 0 aliphatic carbocycles. The van der Waals surface area contributed by atoms with Crippen molar-refractivity contribution in [3.63, 3.8) is 0 Å². The molecule has 5 aliphatic rings. The fourth-order valence-corrected chi connectivity index (χ4v) is 12.4. The Hall–Kier alpha value is -8.10. The molecule has 18 nitrogen and oxygen atoms in total. The Labute approximate surface area is 453 Å². The van der Waals surface area contributed by atoms with Gasteiger partial charge in [0.15, 0.2) is 10.8 Å². The van der Waals surface area contributed by atoms with Gasteiger partial charge in [0.05, 0.1) is 40.2 Å². The number of para-hydroxylation sites is 1. The molecule has 0 bridgehead atoms. The summed E-state index contributed by atoms with van der Waals surface area (Å²) >= 11 is 1.42. The second kappa shape index (κ2) is 22.1. The molecule has 6 amide bonds. The van der Waals surface area contributed by atoms with E-state index in [0.29, 0.717) is 92.6 Å². The maximum atomic E-state index is 15.5. The molecule has 78 heavy (non-hydrogen) atoms. The zero-order valence-corrected chi connectivity index (χ0v) is 43.9. The predicted octanol–water partition coefficient (Wildman–Crippen LogP) is 7.33. The molecule has 0 saturated carbocycles. The number of piperazine rings is 1. The zero-order chi connectivity index (χ0) is 54.2. The lowest BCUT2D eigenvalue weighted by atomic mass is 9.91. The van der Waals surface area contributed by atoms with Gasteiger partial charge in [0.25, 0.3) is 17.7 Å².